The van der Waals surface area contributed by atoms with Crippen LogP contribution in [0.2, 0.25) is 5.02 Å². The Labute approximate surface area is 128 Å². The number of benzene rings is 1. The Hall–Kier alpha value is -1.99. The molecule has 21 heavy (non-hydrogen) atoms. The summed E-state index contributed by atoms with van der Waals surface area (Å²) in [5.74, 6) is 0.365. The van der Waals surface area contributed by atoms with E-state index in [0.29, 0.717) is 10.7 Å². The van der Waals surface area contributed by atoms with E-state index in [-0.39, 0.29) is 16.5 Å². The van der Waals surface area contributed by atoms with E-state index >= 15 is 0 Å². The van der Waals surface area contributed by atoms with Gasteiger partial charge in [-0.15, -0.1) is 0 Å². The van der Waals surface area contributed by atoms with Crippen molar-refractivity contribution >= 4 is 33.1 Å². The maximum atomic E-state index is 12.4. The van der Waals surface area contributed by atoms with Crippen molar-refractivity contribution in [2.75, 3.05) is 17.6 Å². The van der Waals surface area contributed by atoms with Crippen molar-refractivity contribution < 1.29 is 13.2 Å². The van der Waals surface area contributed by atoms with Crippen molar-refractivity contribution in [1.29, 1.82) is 0 Å². The van der Waals surface area contributed by atoms with Gasteiger partial charge >= 0.3 is 0 Å². The second-order valence-corrected chi connectivity index (χ2v) is 6.41. The van der Waals surface area contributed by atoms with Gasteiger partial charge in [-0.3, -0.25) is 4.72 Å². The van der Waals surface area contributed by atoms with Crippen LogP contribution in [0.3, 0.4) is 0 Å². The highest BCUT2D eigenvalue weighted by molar-refractivity contribution is 7.92. The molecule has 112 valence electrons. The van der Waals surface area contributed by atoms with Gasteiger partial charge in [-0.2, -0.15) is 0 Å². The van der Waals surface area contributed by atoms with E-state index in [0.717, 1.165) is 5.56 Å². The Bertz CT molecular complexity index is 761. The van der Waals surface area contributed by atoms with Crippen LogP contribution in [0.25, 0.3) is 0 Å². The average molecular weight is 328 g/mol. The third kappa shape index (κ3) is 3.37. The van der Waals surface area contributed by atoms with Gasteiger partial charge < -0.3 is 10.5 Å². The number of halogens is 1. The zero-order valence-corrected chi connectivity index (χ0v) is 13.0. The maximum absolute atomic E-state index is 12.4. The number of aryl methyl sites for hydroxylation is 1. The molecule has 0 saturated carbocycles. The molecule has 1 heterocycles. The average Bonchev–Trinajstić information content (AvgIpc) is 2.43. The Kier molecular flexibility index (Phi) is 4.24. The lowest BCUT2D eigenvalue weighted by atomic mass is 10.2. The van der Waals surface area contributed by atoms with Crippen molar-refractivity contribution in [2.45, 2.75) is 11.8 Å². The van der Waals surface area contributed by atoms with E-state index in [1.54, 1.807) is 13.0 Å². The van der Waals surface area contributed by atoms with Crippen LogP contribution >= 0.6 is 11.6 Å². The number of pyridine rings is 1. The lowest BCUT2D eigenvalue weighted by Gasteiger charge is -2.13. The fraction of sp³-hybridized carbons (Fsp3) is 0.154. The number of aromatic nitrogens is 1. The molecule has 1 aromatic heterocycles. The molecule has 2 aromatic rings. The molecule has 0 atom stereocenters. The highest BCUT2D eigenvalue weighted by atomic mass is 35.5. The summed E-state index contributed by atoms with van der Waals surface area (Å²) in [6.45, 7) is 1.77. The zero-order valence-electron chi connectivity index (χ0n) is 11.4. The molecule has 0 saturated heterocycles. The monoisotopic (exact) mass is 327 g/mol. The van der Waals surface area contributed by atoms with E-state index in [2.05, 4.69) is 9.71 Å². The molecule has 2 rings (SSSR count). The van der Waals surface area contributed by atoms with E-state index in [1.165, 1.54) is 31.5 Å². The van der Waals surface area contributed by atoms with Crippen molar-refractivity contribution in [3.8, 4) is 5.75 Å². The molecule has 8 heteroatoms. The van der Waals surface area contributed by atoms with Gasteiger partial charge in [0.1, 0.15) is 16.5 Å². The first-order valence-corrected chi connectivity index (χ1v) is 7.78. The van der Waals surface area contributed by atoms with E-state index in [9.17, 15) is 8.42 Å². The second-order valence-electron chi connectivity index (χ2n) is 4.33. The van der Waals surface area contributed by atoms with Gasteiger partial charge in [-0.1, -0.05) is 11.6 Å². The molecular formula is C13H14ClN3O3S. The Morgan fingerprint density at radius 1 is 1.33 bits per heavy atom. The lowest BCUT2D eigenvalue weighted by Crippen LogP contribution is -2.15. The van der Waals surface area contributed by atoms with Crippen molar-refractivity contribution in [1.82, 2.24) is 4.98 Å². The SMILES string of the molecule is COc1cc(C)c(N)cc1S(=O)(=O)Nc1ccc(Cl)cn1. The van der Waals surface area contributed by atoms with Crippen LogP contribution in [0.4, 0.5) is 11.5 Å². The number of nitrogen functional groups attached to an aromatic ring is 1. The van der Waals surface area contributed by atoms with E-state index in [1.807, 2.05) is 0 Å². The summed E-state index contributed by atoms with van der Waals surface area (Å²) >= 11 is 5.71. The molecule has 6 nitrogen and oxygen atoms in total. The topological polar surface area (TPSA) is 94.3 Å². The van der Waals surface area contributed by atoms with Crippen LogP contribution in [0.5, 0.6) is 5.75 Å². The van der Waals surface area contributed by atoms with Crippen LogP contribution in [0.15, 0.2) is 35.4 Å². The summed E-state index contributed by atoms with van der Waals surface area (Å²) in [5, 5.41) is 0.412. The molecular weight excluding hydrogens is 314 g/mol. The van der Waals surface area contributed by atoms with E-state index < -0.39 is 10.0 Å². The third-order valence-electron chi connectivity index (χ3n) is 2.81. The molecule has 0 aliphatic heterocycles. The molecule has 0 aliphatic carbocycles. The minimum atomic E-state index is -3.87. The van der Waals surface area contributed by atoms with Crippen LogP contribution in [0.1, 0.15) is 5.56 Å². The van der Waals surface area contributed by atoms with Gasteiger partial charge in [0.2, 0.25) is 0 Å². The maximum Gasteiger partial charge on any atom is 0.266 e. The van der Waals surface area contributed by atoms with E-state index in [4.69, 9.17) is 22.1 Å². The van der Waals surface area contributed by atoms with Gasteiger partial charge in [0.25, 0.3) is 10.0 Å². The number of methoxy groups -OCH3 is 1. The molecule has 1 aromatic carbocycles. The second kappa shape index (κ2) is 5.79. The molecule has 0 spiro atoms. The Morgan fingerprint density at radius 3 is 2.62 bits per heavy atom. The minimum absolute atomic E-state index is 0.0511. The van der Waals surface area contributed by atoms with Gasteiger partial charge in [0.05, 0.1) is 12.1 Å². The summed E-state index contributed by atoms with van der Waals surface area (Å²) in [5.41, 5.74) is 6.87. The summed E-state index contributed by atoms with van der Waals surface area (Å²) < 4.78 is 32.3. The quantitative estimate of drug-likeness (QED) is 0.841. The minimum Gasteiger partial charge on any atom is -0.495 e. The first-order valence-electron chi connectivity index (χ1n) is 5.92. The summed E-state index contributed by atoms with van der Waals surface area (Å²) in [6.07, 6.45) is 1.35. The molecule has 0 aliphatic rings. The molecule has 0 radical (unpaired) electrons. The normalized spacial score (nSPS) is 11.2. The van der Waals surface area contributed by atoms with Crippen LogP contribution < -0.4 is 15.2 Å². The first-order chi connectivity index (χ1) is 9.83. The summed E-state index contributed by atoms with van der Waals surface area (Å²) in [7, 11) is -2.48. The molecule has 3 N–H and O–H groups in total. The van der Waals surface area contributed by atoms with Crippen molar-refractivity contribution in [3.05, 3.63) is 41.0 Å². The zero-order chi connectivity index (χ0) is 15.6. The van der Waals surface area contributed by atoms with Gasteiger partial charge in [-0.25, -0.2) is 13.4 Å². The van der Waals surface area contributed by atoms with Crippen molar-refractivity contribution in [2.24, 2.45) is 0 Å². The number of sulfonamides is 1. The smallest absolute Gasteiger partial charge is 0.266 e. The number of nitrogens with zero attached hydrogens (tertiary/aromatic N) is 1. The third-order valence-corrected chi connectivity index (χ3v) is 4.41. The summed E-state index contributed by atoms with van der Waals surface area (Å²) in [4.78, 5) is 3.84. The highest BCUT2D eigenvalue weighted by Crippen LogP contribution is 2.30. The number of ether oxygens (including phenoxy) is 1. The van der Waals surface area contributed by atoms with Gasteiger partial charge in [-0.05, 0) is 36.8 Å². The Balaban J connectivity index is 2.44. The summed E-state index contributed by atoms with van der Waals surface area (Å²) in [6, 6.07) is 5.92. The van der Waals surface area contributed by atoms with Crippen LogP contribution in [-0.2, 0) is 10.0 Å². The number of hydrogen-bond donors (Lipinski definition) is 2. The lowest BCUT2D eigenvalue weighted by molar-refractivity contribution is 0.402. The predicted molar refractivity (Wildman–Crippen MR) is 82.2 cm³/mol. The molecule has 0 fully saturated rings. The Morgan fingerprint density at radius 2 is 2.05 bits per heavy atom. The fourth-order valence-corrected chi connectivity index (χ4v) is 2.98. The molecule has 0 amide bonds. The number of nitrogens with one attached hydrogen (secondary N) is 1. The molecule has 0 bridgehead atoms. The number of nitrogens with two attached hydrogens (primary N) is 1. The highest BCUT2D eigenvalue weighted by Gasteiger charge is 2.21. The number of anilines is 2. The molecule has 0 unspecified atom stereocenters. The van der Waals surface area contributed by atoms with Crippen LogP contribution in [-0.4, -0.2) is 20.5 Å². The largest absolute Gasteiger partial charge is 0.495 e. The predicted octanol–water partition coefficient (Wildman–Crippen LogP) is 2.44. The first kappa shape index (κ1) is 15.4. The fourth-order valence-electron chi connectivity index (χ4n) is 1.68. The number of rotatable bonds is 4. The van der Waals surface area contributed by atoms with Crippen molar-refractivity contribution in [3.63, 3.8) is 0 Å². The van der Waals surface area contributed by atoms with Crippen LogP contribution in [0, 0.1) is 6.92 Å². The van der Waals surface area contributed by atoms with Gasteiger partial charge in [0, 0.05) is 11.9 Å². The van der Waals surface area contributed by atoms with Gasteiger partial charge in [0.15, 0.2) is 0 Å². The number of hydrogen-bond acceptors (Lipinski definition) is 5. The standard InChI is InChI=1S/C13H14ClN3O3S/c1-8-5-11(20-2)12(6-10(8)15)21(18,19)17-13-4-3-9(14)7-16-13/h3-7H,15H2,1-2H3,(H,16,17).